The van der Waals surface area contributed by atoms with E-state index in [4.69, 9.17) is 0 Å². The van der Waals surface area contributed by atoms with Gasteiger partial charge in [0.2, 0.25) is 0 Å². The van der Waals surface area contributed by atoms with Gasteiger partial charge in [0.1, 0.15) is 5.82 Å². The standard InChI is InChI=1S/C17H25FN4O/c1-4-5-8-13-22(3)17(19-2)21-12-11-20-16(23)14-9-6-7-10-15(14)18/h4,6-7,9-10H,1,5,8,11-13H2,2-3H3,(H,19,21)(H,20,23). The zero-order valence-corrected chi connectivity index (χ0v) is 13.8. The number of carbonyl (C=O) groups is 1. The number of nitrogens with one attached hydrogen (secondary N) is 2. The fourth-order valence-electron chi connectivity index (χ4n) is 2.05. The van der Waals surface area contributed by atoms with E-state index in [1.807, 2.05) is 18.0 Å². The predicted octanol–water partition coefficient (Wildman–Crippen LogP) is 2.03. The molecule has 0 fully saturated rings. The number of carbonyl (C=O) groups excluding carboxylic acids is 1. The first kappa shape index (κ1) is 18.7. The van der Waals surface area contributed by atoms with Crippen LogP contribution in [0.15, 0.2) is 41.9 Å². The topological polar surface area (TPSA) is 56.7 Å². The molecular weight excluding hydrogens is 295 g/mol. The number of unbranched alkanes of at least 4 members (excludes halogenated alkanes) is 1. The third kappa shape index (κ3) is 6.50. The van der Waals surface area contributed by atoms with E-state index in [1.165, 1.54) is 12.1 Å². The van der Waals surface area contributed by atoms with E-state index in [0.29, 0.717) is 13.1 Å². The normalized spacial score (nSPS) is 11.0. The molecule has 0 spiro atoms. The predicted molar refractivity (Wildman–Crippen MR) is 92.2 cm³/mol. The second kappa shape index (κ2) is 10.4. The molecule has 0 unspecified atom stereocenters. The van der Waals surface area contributed by atoms with Gasteiger partial charge in [-0.3, -0.25) is 9.79 Å². The van der Waals surface area contributed by atoms with E-state index in [9.17, 15) is 9.18 Å². The van der Waals surface area contributed by atoms with Crippen molar-refractivity contribution in [2.24, 2.45) is 4.99 Å². The molecule has 0 aliphatic heterocycles. The number of amides is 1. The maximum atomic E-state index is 13.5. The number of nitrogens with zero attached hydrogens (tertiary/aromatic N) is 2. The number of halogens is 1. The van der Waals surface area contributed by atoms with Crippen LogP contribution in [-0.2, 0) is 0 Å². The summed E-state index contributed by atoms with van der Waals surface area (Å²) in [7, 11) is 3.67. The molecule has 0 aliphatic carbocycles. The lowest BCUT2D eigenvalue weighted by molar-refractivity contribution is 0.0950. The van der Waals surface area contributed by atoms with Crippen molar-refractivity contribution in [2.45, 2.75) is 12.8 Å². The minimum absolute atomic E-state index is 0.0541. The number of benzene rings is 1. The van der Waals surface area contributed by atoms with Gasteiger partial charge in [0.15, 0.2) is 5.96 Å². The minimum Gasteiger partial charge on any atom is -0.354 e. The van der Waals surface area contributed by atoms with Crippen LogP contribution in [-0.4, -0.2) is 50.5 Å². The van der Waals surface area contributed by atoms with Gasteiger partial charge in [-0.1, -0.05) is 18.2 Å². The second-order valence-electron chi connectivity index (χ2n) is 5.06. The molecule has 1 aromatic carbocycles. The molecule has 0 heterocycles. The van der Waals surface area contributed by atoms with Crippen LogP contribution in [0, 0.1) is 5.82 Å². The third-order valence-electron chi connectivity index (χ3n) is 3.29. The van der Waals surface area contributed by atoms with Crippen LogP contribution in [0.1, 0.15) is 23.2 Å². The quantitative estimate of drug-likeness (QED) is 0.333. The molecule has 0 saturated heterocycles. The first-order chi connectivity index (χ1) is 11.1. The van der Waals surface area contributed by atoms with Crippen molar-refractivity contribution in [1.29, 1.82) is 0 Å². The molecule has 126 valence electrons. The van der Waals surface area contributed by atoms with Gasteiger partial charge in [-0.2, -0.15) is 0 Å². The number of aliphatic imine (C=N–C) groups is 1. The monoisotopic (exact) mass is 320 g/mol. The summed E-state index contributed by atoms with van der Waals surface area (Å²) < 4.78 is 13.5. The molecule has 1 aromatic rings. The lowest BCUT2D eigenvalue weighted by atomic mass is 10.2. The molecule has 0 saturated carbocycles. The van der Waals surface area contributed by atoms with Crippen molar-refractivity contribution >= 4 is 11.9 Å². The van der Waals surface area contributed by atoms with Crippen LogP contribution in [0.4, 0.5) is 4.39 Å². The van der Waals surface area contributed by atoms with Gasteiger partial charge in [0, 0.05) is 33.7 Å². The number of hydrogen-bond acceptors (Lipinski definition) is 2. The number of allylic oxidation sites excluding steroid dienone is 1. The largest absolute Gasteiger partial charge is 0.354 e. The number of guanidine groups is 1. The Bertz CT molecular complexity index is 545. The fourth-order valence-corrected chi connectivity index (χ4v) is 2.05. The van der Waals surface area contributed by atoms with Crippen LogP contribution < -0.4 is 10.6 Å². The van der Waals surface area contributed by atoms with Crippen molar-refractivity contribution in [3.05, 3.63) is 48.3 Å². The van der Waals surface area contributed by atoms with Gasteiger partial charge in [-0.25, -0.2) is 4.39 Å². The van der Waals surface area contributed by atoms with Crippen LogP contribution in [0.5, 0.6) is 0 Å². The molecule has 2 N–H and O–H groups in total. The highest BCUT2D eigenvalue weighted by molar-refractivity contribution is 5.94. The zero-order chi connectivity index (χ0) is 17.1. The van der Waals surface area contributed by atoms with Gasteiger partial charge in [-0.05, 0) is 25.0 Å². The Labute approximate surface area is 137 Å². The molecule has 23 heavy (non-hydrogen) atoms. The highest BCUT2D eigenvalue weighted by Crippen LogP contribution is 2.05. The molecule has 0 radical (unpaired) electrons. The van der Waals surface area contributed by atoms with Crippen molar-refractivity contribution in [1.82, 2.24) is 15.5 Å². The van der Waals surface area contributed by atoms with Gasteiger partial charge in [0.25, 0.3) is 5.91 Å². The summed E-state index contributed by atoms with van der Waals surface area (Å²) in [5, 5.41) is 5.84. The van der Waals surface area contributed by atoms with Gasteiger partial charge in [0.05, 0.1) is 5.56 Å². The summed E-state index contributed by atoms with van der Waals surface area (Å²) >= 11 is 0. The van der Waals surface area contributed by atoms with Crippen molar-refractivity contribution in [3.63, 3.8) is 0 Å². The molecular formula is C17H25FN4O. The van der Waals surface area contributed by atoms with Gasteiger partial charge < -0.3 is 15.5 Å². The average Bonchev–Trinajstić information content (AvgIpc) is 2.55. The van der Waals surface area contributed by atoms with Gasteiger partial charge >= 0.3 is 0 Å². The van der Waals surface area contributed by atoms with Gasteiger partial charge in [-0.15, -0.1) is 6.58 Å². The lowest BCUT2D eigenvalue weighted by Gasteiger charge is -2.21. The molecule has 0 aromatic heterocycles. The minimum atomic E-state index is -0.518. The molecule has 0 aliphatic rings. The Kier molecular flexibility index (Phi) is 8.42. The van der Waals surface area contributed by atoms with Crippen molar-refractivity contribution in [3.8, 4) is 0 Å². The summed E-state index contributed by atoms with van der Waals surface area (Å²) in [6, 6.07) is 5.92. The van der Waals surface area contributed by atoms with Crippen LogP contribution in [0.3, 0.4) is 0 Å². The van der Waals surface area contributed by atoms with E-state index >= 15 is 0 Å². The molecule has 0 bridgehead atoms. The Hall–Kier alpha value is -2.37. The van der Waals surface area contributed by atoms with E-state index < -0.39 is 11.7 Å². The Morgan fingerprint density at radius 2 is 2.04 bits per heavy atom. The first-order valence-corrected chi connectivity index (χ1v) is 7.65. The molecule has 1 rings (SSSR count). The molecule has 6 heteroatoms. The number of hydrogen-bond donors (Lipinski definition) is 2. The molecule has 1 amide bonds. The highest BCUT2D eigenvalue weighted by atomic mass is 19.1. The third-order valence-corrected chi connectivity index (χ3v) is 3.29. The fraction of sp³-hybridized carbons (Fsp3) is 0.412. The molecule has 5 nitrogen and oxygen atoms in total. The Morgan fingerprint density at radius 3 is 2.70 bits per heavy atom. The van der Waals surface area contributed by atoms with Crippen molar-refractivity contribution in [2.75, 3.05) is 33.7 Å². The SMILES string of the molecule is C=CCCCN(C)C(=NC)NCCNC(=O)c1ccccc1F. The van der Waals surface area contributed by atoms with E-state index in [1.54, 1.807) is 19.2 Å². The van der Waals surface area contributed by atoms with Crippen molar-refractivity contribution < 1.29 is 9.18 Å². The van der Waals surface area contributed by atoms with E-state index in [0.717, 1.165) is 25.3 Å². The lowest BCUT2D eigenvalue weighted by Crippen LogP contribution is -2.42. The average molecular weight is 320 g/mol. The highest BCUT2D eigenvalue weighted by Gasteiger charge is 2.10. The van der Waals surface area contributed by atoms with E-state index in [-0.39, 0.29) is 5.56 Å². The van der Waals surface area contributed by atoms with Crippen LogP contribution >= 0.6 is 0 Å². The van der Waals surface area contributed by atoms with Crippen LogP contribution in [0.2, 0.25) is 0 Å². The smallest absolute Gasteiger partial charge is 0.254 e. The molecule has 0 atom stereocenters. The Balaban J connectivity index is 2.34. The summed E-state index contributed by atoms with van der Waals surface area (Å²) in [5.41, 5.74) is 0.0541. The maximum absolute atomic E-state index is 13.5. The summed E-state index contributed by atoms with van der Waals surface area (Å²) in [5.74, 6) is -0.177. The first-order valence-electron chi connectivity index (χ1n) is 7.65. The zero-order valence-electron chi connectivity index (χ0n) is 13.8. The summed E-state index contributed by atoms with van der Waals surface area (Å²) in [4.78, 5) is 18.1. The second-order valence-corrected chi connectivity index (χ2v) is 5.06. The van der Waals surface area contributed by atoms with E-state index in [2.05, 4.69) is 22.2 Å². The maximum Gasteiger partial charge on any atom is 0.254 e. The number of rotatable bonds is 8. The summed E-state index contributed by atoms with van der Waals surface area (Å²) in [6.45, 7) is 5.46. The Morgan fingerprint density at radius 1 is 1.35 bits per heavy atom. The van der Waals surface area contributed by atoms with Crippen LogP contribution in [0.25, 0.3) is 0 Å². The summed E-state index contributed by atoms with van der Waals surface area (Å²) in [6.07, 6.45) is 3.85.